The third-order valence-corrected chi connectivity index (χ3v) is 3.57. The van der Waals surface area contributed by atoms with Crippen LogP contribution in [0.2, 0.25) is 0 Å². The first-order chi connectivity index (χ1) is 8.65. The van der Waals surface area contributed by atoms with Gasteiger partial charge in [-0.3, -0.25) is 4.79 Å². The van der Waals surface area contributed by atoms with Gasteiger partial charge in [0.2, 0.25) is 0 Å². The quantitative estimate of drug-likeness (QED) is 0.854. The van der Waals surface area contributed by atoms with Gasteiger partial charge in [-0.15, -0.1) is 16.4 Å². The second kappa shape index (κ2) is 5.23. The van der Waals surface area contributed by atoms with Crippen LogP contribution in [0, 0.1) is 0 Å². The van der Waals surface area contributed by atoms with Gasteiger partial charge in [0.05, 0.1) is 18.3 Å². The molecule has 96 valence electrons. The standard InChI is InChI=1S/C10H13N5O2S/c1-7(5-16)14(2)10(17)9-8(3-4-18-9)15-6-11-12-13-15/h3-4,6-7,16H,5H2,1-2H3. The van der Waals surface area contributed by atoms with E-state index in [1.165, 1.54) is 27.2 Å². The molecular formula is C10H13N5O2S. The Morgan fingerprint density at radius 2 is 2.44 bits per heavy atom. The molecule has 0 bridgehead atoms. The number of tetrazole rings is 1. The SMILES string of the molecule is CC(CO)N(C)C(=O)c1sccc1-n1cnnn1. The van der Waals surface area contributed by atoms with Crippen molar-refractivity contribution in [3.05, 3.63) is 22.7 Å². The third-order valence-electron chi connectivity index (χ3n) is 2.68. The van der Waals surface area contributed by atoms with Crippen molar-refractivity contribution < 1.29 is 9.90 Å². The summed E-state index contributed by atoms with van der Waals surface area (Å²) in [5, 5.41) is 21.7. The fourth-order valence-corrected chi connectivity index (χ4v) is 2.26. The fourth-order valence-electron chi connectivity index (χ4n) is 1.40. The van der Waals surface area contributed by atoms with E-state index in [1.54, 1.807) is 20.0 Å². The molecule has 8 heteroatoms. The number of amides is 1. The maximum Gasteiger partial charge on any atom is 0.266 e. The Balaban J connectivity index is 2.30. The van der Waals surface area contributed by atoms with Gasteiger partial charge in [-0.25, -0.2) is 0 Å². The Hall–Kier alpha value is -1.80. The summed E-state index contributed by atoms with van der Waals surface area (Å²) in [6, 6.07) is 1.55. The molecule has 0 aliphatic heterocycles. The highest BCUT2D eigenvalue weighted by atomic mass is 32.1. The van der Waals surface area contributed by atoms with Gasteiger partial charge in [0.25, 0.3) is 5.91 Å². The first kappa shape index (κ1) is 12.7. The van der Waals surface area contributed by atoms with Gasteiger partial charge >= 0.3 is 0 Å². The number of carbonyl (C=O) groups excluding carboxylic acids is 1. The van der Waals surface area contributed by atoms with Crippen molar-refractivity contribution in [2.45, 2.75) is 13.0 Å². The number of thiophene rings is 1. The summed E-state index contributed by atoms with van der Waals surface area (Å²) < 4.78 is 1.45. The minimum Gasteiger partial charge on any atom is -0.394 e. The van der Waals surface area contributed by atoms with Crippen molar-refractivity contribution >= 4 is 17.2 Å². The van der Waals surface area contributed by atoms with E-state index in [9.17, 15) is 4.79 Å². The first-order valence-electron chi connectivity index (χ1n) is 5.34. The first-order valence-corrected chi connectivity index (χ1v) is 6.22. The van der Waals surface area contributed by atoms with E-state index in [1.807, 2.05) is 5.38 Å². The maximum absolute atomic E-state index is 12.3. The zero-order valence-corrected chi connectivity index (χ0v) is 10.8. The predicted octanol–water partition coefficient (Wildman–Crippen LogP) is 0.177. The molecule has 2 aromatic rings. The number of carbonyl (C=O) groups is 1. The molecule has 2 heterocycles. The van der Waals surface area contributed by atoms with Crippen LogP contribution in [0.25, 0.3) is 5.69 Å². The van der Waals surface area contributed by atoms with Crippen LogP contribution in [0.4, 0.5) is 0 Å². The van der Waals surface area contributed by atoms with E-state index in [-0.39, 0.29) is 18.6 Å². The Morgan fingerprint density at radius 3 is 3.06 bits per heavy atom. The summed E-state index contributed by atoms with van der Waals surface area (Å²) in [5.41, 5.74) is 0.645. The average Bonchev–Trinajstić information content (AvgIpc) is 3.05. The lowest BCUT2D eigenvalue weighted by atomic mass is 10.3. The monoisotopic (exact) mass is 267 g/mol. The van der Waals surface area contributed by atoms with E-state index < -0.39 is 0 Å². The molecule has 0 aliphatic rings. The van der Waals surface area contributed by atoms with Crippen molar-refractivity contribution in [3.8, 4) is 5.69 Å². The highest BCUT2D eigenvalue weighted by Gasteiger charge is 2.22. The molecule has 0 spiro atoms. The predicted molar refractivity (Wildman–Crippen MR) is 65.7 cm³/mol. The molecule has 0 radical (unpaired) electrons. The molecule has 1 amide bonds. The molecule has 0 aromatic carbocycles. The normalized spacial score (nSPS) is 12.4. The number of rotatable bonds is 4. The van der Waals surface area contributed by atoms with Gasteiger partial charge in [-0.05, 0) is 28.8 Å². The third kappa shape index (κ3) is 2.24. The van der Waals surface area contributed by atoms with Crippen LogP contribution in [-0.4, -0.2) is 55.8 Å². The van der Waals surface area contributed by atoms with E-state index in [0.29, 0.717) is 10.6 Å². The van der Waals surface area contributed by atoms with Crippen LogP contribution in [-0.2, 0) is 0 Å². The molecule has 1 N–H and O–H groups in total. The molecule has 0 saturated heterocycles. The molecule has 2 aromatic heterocycles. The summed E-state index contributed by atoms with van der Waals surface area (Å²) in [7, 11) is 1.66. The smallest absolute Gasteiger partial charge is 0.266 e. The van der Waals surface area contributed by atoms with Crippen molar-refractivity contribution in [2.24, 2.45) is 0 Å². The molecule has 1 atom stereocenters. The average molecular weight is 267 g/mol. The molecule has 0 aliphatic carbocycles. The van der Waals surface area contributed by atoms with Crippen LogP contribution in [0.15, 0.2) is 17.8 Å². The number of likely N-dealkylation sites (N-methyl/N-ethyl adjacent to an activating group) is 1. The van der Waals surface area contributed by atoms with Crippen LogP contribution >= 0.6 is 11.3 Å². The molecule has 2 rings (SSSR count). The van der Waals surface area contributed by atoms with E-state index in [0.717, 1.165) is 0 Å². The van der Waals surface area contributed by atoms with Crippen LogP contribution in [0.1, 0.15) is 16.6 Å². The van der Waals surface area contributed by atoms with Crippen molar-refractivity contribution in [2.75, 3.05) is 13.7 Å². The zero-order valence-electron chi connectivity index (χ0n) is 10.0. The minimum atomic E-state index is -0.235. The van der Waals surface area contributed by atoms with Gasteiger partial charge in [0, 0.05) is 7.05 Å². The molecule has 18 heavy (non-hydrogen) atoms. The zero-order chi connectivity index (χ0) is 13.1. The lowest BCUT2D eigenvalue weighted by Crippen LogP contribution is -2.37. The number of nitrogens with zero attached hydrogens (tertiary/aromatic N) is 5. The second-order valence-corrected chi connectivity index (χ2v) is 4.75. The van der Waals surface area contributed by atoms with Crippen LogP contribution < -0.4 is 0 Å². The highest BCUT2D eigenvalue weighted by molar-refractivity contribution is 7.12. The topological polar surface area (TPSA) is 84.1 Å². The van der Waals surface area contributed by atoms with Crippen LogP contribution in [0.5, 0.6) is 0 Å². The summed E-state index contributed by atoms with van der Waals surface area (Å²) in [4.78, 5) is 14.3. The van der Waals surface area contributed by atoms with Crippen molar-refractivity contribution in [1.29, 1.82) is 0 Å². The van der Waals surface area contributed by atoms with Crippen molar-refractivity contribution in [3.63, 3.8) is 0 Å². The molecular weight excluding hydrogens is 254 g/mol. The molecule has 0 fully saturated rings. The summed E-state index contributed by atoms with van der Waals surface area (Å²) in [6.07, 6.45) is 1.44. The number of aromatic nitrogens is 4. The maximum atomic E-state index is 12.3. The van der Waals surface area contributed by atoms with E-state index in [4.69, 9.17) is 5.11 Å². The largest absolute Gasteiger partial charge is 0.394 e. The molecule has 1 unspecified atom stereocenters. The molecule has 7 nitrogen and oxygen atoms in total. The van der Waals surface area contributed by atoms with E-state index in [2.05, 4.69) is 15.5 Å². The number of aliphatic hydroxyl groups excluding tert-OH is 1. The Kier molecular flexibility index (Phi) is 3.68. The van der Waals surface area contributed by atoms with E-state index >= 15 is 0 Å². The number of hydrogen-bond acceptors (Lipinski definition) is 6. The van der Waals surface area contributed by atoms with Crippen LogP contribution in [0.3, 0.4) is 0 Å². The van der Waals surface area contributed by atoms with Gasteiger partial charge < -0.3 is 10.0 Å². The summed E-state index contributed by atoms with van der Waals surface area (Å²) in [6.45, 7) is 1.70. The van der Waals surface area contributed by atoms with Gasteiger partial charge in [-0.2, -0.15) is 4.68 Å². The fraction of sp³-hybridized carbons (Fsp3) is 0.400. The number of hydrogen-bond donors (Lipinski definition) is 1. The minimum absolute atomic E-state index is 0.0756. The van der Waals surface area contributed by atoms with Gasteiger partial charge in [0.1, 0.15) is 11.2 Å². The van der Waals surface area contributed by atoms with Crippen molar-refractivity contribution in [1.82, 2.24) is 25.1 Å². The summed E-state index contributed by atoms with van der Waals surface area (Å²) in [5.74, 6) is -0.156. The Morgan fingerprint density at radius 1 is 1.67 bits per heavy atom. The number of aliphatic hydroxyl groups is 1. The van der Waals surface area contributed by atoms with Gasteiger partial charge in [0.15, 0.2) is 0 Å². The summed E-state index contributed by atoms with van der Waals surface area (Å²) >= 11 is 1.32. The Bertz CT molecular complexity index is 524. The highest BCUT2D eigenvalue weighted by Crippen LogP contribution is 2.22. The lowest BCUT2D eigenvalue weighted by Gasteiger charge is -2.22. The Labute approximate surface area is 108 Å². The lowest BCUT2D eigenvalue weighted by molar-refractivity contribution is 0.0687. The van der Waals surface area contributed by atoms with Gasteiger partial charge in [-0.1, -0.05) is 0 Å². The second-order valence-electron chi connectivity index (χ2n) is 3.84. The molecule has 0 saturated carbocycles.